The highest BCUT2D eigenvalue weighted by molar-refractivity contribution is 6.04. The van der Waals surface area contributed by atoms with Crippen molar-refractivity contribution in [2.45, 2.75) is 13.8 Å². The van der Waals surface area contributed by atoms with Crippen molar-refractivity contribution < 1.29 is 4.79 Å². The van der Waals surface area contributed by atoms with Gasteiger partial charge in [0, 0.05) is 24.6 Å². The number of aromatic nitrogens is 2. The number of rotatable bonds is 2. The van der Waals surface area contributed by atoms with E-state index in [4.69, 9.17) is 5.73 Å². The summed E-state index contributed by atoms with van der Waals surface area (Å²) in [5.74, 6) is -0.171. The number of hydrogen-bond acceptors (Lipinski definition) is 3. The minimum Gasteiger partial charge on any atom is -0.399 e. The molecule has 18 heavy (non-hydrogen) atoms. The number of anilines is 2. The Labute approximate surface area is 106 Å². The van der Waals surface area contributed by atoms with E-state index >= 15 is 0 Å². The van der Waals surface area contributed by atoms with Crippen LogP contribution in [0.25, 0.3) is 0 Å². The summed E-state index contributed by atoms with van der Waals surface area (Å²) in [6, 6.07) is 3.73. The molecule has 2 aromatic rings. The number of benzene rings is 1. The molecule has 1 amide bonds. The van der Waals surface area contributed by atoms with Gasteiger partial charge in [-0.1, -0.05) is 0 Å². The second kappa shape index (κ2) is 4.52. The van der Waals surface area contributed by atoms with Crippen molar-refractivity contribution in [3.8, 4) is 0 Å². The zero-order chi connectivity index (χ0) is 13.3. The van der Waals surface area contributed by atoms with Crippen molar-refractivity contribution in [1.82, 2.24) is 9.78 Å². The second-order valence-corrected chi connectivity index (χ2v) is 4.38. The average molecular weight is 244 g/mol. The van der Waals surface area contributed by atoms with Gasteiger partial charge in [-0.25, -0.2) is 0 Å². The van der Waals surface area contributed by atoms with Gasteiger partial charge in [0.2, 0.25) is 0 Å². The molecule has 0 radical (unpaired) electrons. The minimum atomic E-state index is -0.171. The lowest BCUT2D eigenvalue weighted by Crippen LogP contribution is -2.12. The van der Waals surface area contributed by atoms with Crippen molar-refractivity contribution in [1.29, 1.82) is 0 Å². The van der Waals surface area contributed by atoms with E-state index in [2.05, 4.69) is 10.4 Å². The van der Waals surface area contributed by atoms with Crippen LogP contribution in [0.15, 0.2) is 24.5 Å². The van der Waals surface area contributed by atoms with E-state index in [1.54, 1.807) is 17.9 Å². The summed E-state index contributed by atoms with van der Waals surface area (Å²) in [6.07, 6.45) is 3.21. The molecule has 2 rings (SSSR count). The van der Waals surface area contributed by atoms with Crippen LogP contribution in [-0.4, -0.2) is 15.7 Å². The zero-order valence-corrected chi connectivity index (χ0v) is 10.7. The third kappa shape index (κ3) is 2.34. The first-order valence-electron chi connectivity index (χ1n) is 5.64. The highest BCUT2D eigenvalue weighted by Gasteiger charge is 2.10. The van der Waals surface area contributed by atoms with Crippen molar-refractivity contribution in [3.63, 3.8) is 0 Å². The standard InChI is InChI=1S/C13H16N4O/c1-8-5-12(9(2)4-11(8)14)16-13(18)10-6-15-17(3)7-10/h4-7H,14H2,1-3H3,(H,16,18). The van der Waals surface area contributed by atoms with E-state index in [1.807, 2.05) is 26.0 Å². The molecule has 5 heteroatoms. The predicted molar refractivity (Wildman–Crippen MR) is 71.5 cm³/mol. The van der Waals surface area contributed by atoms with Gasteiger partial charge in [0.1, 0.15) is 0 Å². The van der Waals surface area contributed by atoms with Gasteiger partial charge in [-0.15, -0.1) is 0 Å². The molecule has 0 fully saturated rings. The van der Waals surface area contributed by atoms with Crippen LogP contribution in [0.2, 0.25) is 0 Å². The van der Waals surface area contributed by atoms with E-state index in [0.717, 1.165) is 22.5 Å². The number of aryl methyl sites for hydroxylation is 3. The Kier molecular flexibility index (Phi) is 3.06. The maximum atomic E-state index is 12.0. The number of amides is 1. The molecule has 0 aliphatic rings. The number of carbonyl (C=O) groups excluding carboxylic acids is 1. The van der Waals surface area contributed by atoms with Gasteiger partial charge in [0.05, 0.1) is 11.8 Å². The summed E-state index contributed by atoms with van der Waals surface area (Å²) in [6.45, 7) is 3.82. The van der Waals surface area contributed by atoms with Gasteiger partial charge >= 0.3 is 0 Å². The Morgan fingerprint density at radius 2 is 2.06 bits per heavy atom. The fourth-order valence-electron chi connectivity index (χ4n) is 1.71. The van der Waals surface area contributed by atoms with E-state index in [1.165, 1.54) is 6.20 Å². The van der Waals surface area contributed by atoms with Crippen molar-refractivity contribution in [2.24, 2.45) is 7.05 Å². The number of nitrogens with one attached hydrogen (secondary N) is 1. The molecule has 1 heterocycles. The number of carbonyl (C=O) groups is 1. The molecule has 5 nitrogen and oxygen atoms in total. The maximum absolute atomic E-state index is 12.0. The Morgan fingerprint density at radius 3 is 2.67 bits per heavy atom. The van der Waals surface area contributed by atoms with Gasteiger partial charge < -0.3 is 11.1 Å². The van der Waals surface area contributed by atoms with Gasteiger partial charge in [-0.05, 0) is 37.1 Å². The van der Waals surface area contributed by atoms with E-state index in [9.17, 15) is 4.79 Å². The normalized spacial score (nSPS) is 10.4. The first-order valence-corrected chi connectivity index (χ1v) is 5.64. The van der Waals surface area contributed by atoms with Crippen molar-refractivity contribution in [3.05, 3.63) is 41.2 Å². The Bertz CT molecular complexity index is 601. The molecule has 0 saturated heterocycles. The van der Waals surface area contributed by atoms with Crippen LogP contribution in [0.3, 0.4) is 0 Å². The molecule has 1 aromatic carbocycles. The predicted octanol–water partition coefficient (Wildman–Crippen LogP) is 1.87. The Hall–Kier alpha value is -2.30. The molecule has 0 saturated carbocycles. The van der Waals surface area contributed by atoms with E-state index in [-0.39, 0.29) is 5.91 Å². The van der Waals surface area contributed by atoms with Crippen LogP contribution < -0.4 is 11.1 Å². The van der Waals surface area contributed by atoms with E-state index in [0.29, 0.717) is 5.56 Å². The van der Waals surface area contributed by atoms with Gasteiger partial charge in [0.15, 0.2) is 0 Å². The molecule has 0 bridgehead atoms. The molecule has 3 N–H and O–H groups in total. The summed E-state index contributed by atoms with van der Waals surface area (Å²) in [7, 11) is 1.77. The molecule has 0 unspecified atom stereocenters. The molecule has 0 atom stereocenters. The van der Waals surface area contributed by atoms with Crippen LogP contribution in [-0.2, 0) is 7.05 Å². The van der Waals surface area contributed by atoms with Crippen LogP contribution in [0.4, 0.5) is 11.4 Å². The monoisotopic (exact) mass is 244 g/mol. The lowest BCUT2D eigenvalue weighted by molar-refractivity contribution is 0.102. The average Bonchev–Trinajstić information content (AvgIpc) is 2.73. The topological polar surface area (TPSA) is 72.9 Å². The Balaban J connectivity index is 2.24. The van der Waals surface area contributed by atoms with Gasteiger partial charge in [-0.3, -0.25) is 9.48 Å². The smallest absolute Gasteiger partial charge is 0.258 e. The Morgan fingerprint density at radius 1 is 1.33 bits per heavy atom. The number of nitrogens with two attached hydrogens (primary N) is 1. The number of nitrogen functional groups attached to an aromatic ring is 1. The van der Waals surface area contributed by atoms with Gasteiger partial charge in [-0.2, -0.15) is 5.10 Å². The lowest BCUT2D eigenvalue weighted by atomic mass is 10.1. The molecule has 1 aromatic heterocycles. The third-order valence-electron chi connectivity index (χ3n) is 2.83. The fraction of sp³-hybridized carbons (Fsp3) is 0.231. The van der Waals surface area contributed by atoms with Crippen LogP contribution in [0, 0.1) is 13.8 Å². The lowest BCUT2D eigenvalue weighted by Gasteiger charge is -2.10. The first-order chi connectivity index (χ1) is 8.47. The number of nitrogens with zero attached hydrogens (tertiary/aromatic N) is 2. The molecular weight excluding hydrogens is 228 g/mol. The molecular formula is C13H16N4O. The first kappa shape index (κ1) is 12.2. The summed E-state index contributed by atoms with van der Waals surface area (Å²) in [4.78, 5) is 12.0. The minimum absolute atomic E-state index is 0.171. The maximum Gasteiger partial charge on any atom is 0.258 e. The van der Waals surface area contributed by atoms with Crippen LogP contribution in [0.1, 0.15) is 21.5 Å². The zero-order valence-electron chi connectivity index (χ0n) is 10.7. The summed E-state index contributed by atoms with van der Waals surface area (Å²) >= 11 is 0. The molecule has 94 valence electrons. The highest BCUT2D eigenvalue weighted by atomic mass is 16.1. The quantitative estimate of drug-likeness (QED) is 0.792. The van der Waals surface area contributed by atoms with Crippen molar-refractivity contribution >= 4 is 17.3 Å². The second-order valence-electron chi connectivity index (χ2n) is 4.38. The summed E-state index contributed by atoms with van der Waals surface area (Å²) in [5.41, 5.74) is 9.73. The molecule has 0 aliphatic carbocycles. The van der Waals surface area contributed by atoms with Gasteiger partial charge in [0.25, 0.3) is 5.91 Å². The fourth-order valence-corrected chi connectivity index (χ4v) is 1.71. The summed E-state index contributed by atoms with van der Waals surface area (Å²) < 4.78 is 1.59. The SMILES string of the molecule is Cc1cc(NC(=O)c2cnn(C)c2)c(C)cc1N. The molecule has 0 aliphatic heterocycles. The van der Waals surface area contributed by atoms with Crippen LogP contribution >= 0.6 is 0 Å². The molecule has 0 spiro atoms. The third-order valence-corrected chi connectivity index (χ3v) is 2.83. The summed E-state index contributed by atoms with van der Waals surface area (Å²) in [5, 5.41) is 6.83. The van der Waals surface area contributed by atoms with Crippen LogP contribution in [0.5, 0.6) is 0 Å². The number of hydrogen-bond donors (Lipinski definition) is 2. The highest BCUT2D eigenvalue weighted by Crippen LogP contribution is 2.22. The largest absolute Gasteiger partial charge is 0.399 e. The van der Waals surface area contributed by atoms with Crippen molar-refractivity contribution in [2.75, 3.05) is 11.1 Å². The van der Waals surface area contributed by atoms with E-state index < -0.39 is 0 Å².